The van der Waals surface area contributed by atoms with E-state index in [4.69, 9.17) is 23.2 Å². The Balaban J connectivity index is 1.68. The molecule has 5 nitrogen and oxygen atoms in total. The molecule has 2 aromatic carbocycles. The maximum Gasteiger partial charge on any atom is 0.234 e. The lowest BCUT2D eigenvalue weighted by molar-refractivity contribution is -0.113. The number of carbonyl (C=O) groups is 1. The fourth-order valence-corrected chi connectivity index (χ4v) is 4.51. The van der Waals surface area contributed by atoms with Crippen LogP contribution < -0.4 is 5.32 Å². The van der Waals surface area contributed by atoms with Crippen LogP contribution in [0.15, 0.2) is 53.6 Å². The molecule has 1 amide bonds. The van der Waals surface area contributed by atoms with Gasteiger partial charge in [0.15, 0.2) is 5.65 Å². The molecule has 0 unspecified atom stereocenters. The zero-order valence-electron chi connectivity index (χ0n) is 15.2. The molecule has 0 aliphatic carbocycles. The largest absolute Gasteiger partial charge is 0.323 e. The number of amides is 1. The molecule has 0 fully saturated rings. The number of pyridine rings is 1. The second kappa shape index (κ2) is 7.96. The predicted octanol–water partition coefficient (Wildman–Crippen LogP) is 5.71. The highest BCUT2D eigenvalue weighted by Gasteiger charge is 2.17. The average Bonchev–Trinajstić information content (AvgIpc) is 3.08. The quantitative estimate of drug-likeness (QED) is 0.412. The molecular weight excluding hydrogens is 427 g/mol. The lowest BCUT2D eigenvalue weighted by atomic mass is 10.2. The second-order valence-corrected chi connectivity index (χ2v) is 8.16. The Bertz CT molecular complexity index is 1290. The van der Waals surface area contributed by atoms with Gasteiger partial charge in [-0.1, -0.05) is 53.2 Å². The van der Waals surface area contributed by atoms with Crippen LogP contribution in [0.4, 0.5) is 5.69 Å². The number of halogens is 2. The van der Waals surface area contributed by atoms with E-state index in [2.05, 4.69) is 16.4 Å². The first-order valence-corrected chi connectivity index (χ1v) is 10.4. The van der Waals surface area contributed by atoms with Crippen molar-refractivity contribution in [1.82, 2.24) is 9.38 Å². The van der Waals surface area contributed by atoms with Crippen molar-refractivity contribution in [2.45, 2.75) is 11.9 Å². The van der Waals surface area contributed by atoms with Crippen LogP contribution in [0.25, 0.3) is 16.7 Å². The summed E-state index contributed by atoms with van der Waals surface area (Å²) >= 11 is 13.6. The summed E-state index contributed by atoms with van der Waals surface area (Å²) in [5, 5.41) is 13.9. The number of imidazole rings is 1. The molecule has 0 atom stereocenters. The van der Waals surface area contributed by atoms with Crippen molar-refractivity contribution >= 4 is 63.2 Å². The van der Waals surface area contributed by atoms with Gasteiger partial charge in [0.05, 0.1) is 43.1 Å². The van der Waals surface area contributed by atoms with Crippen LogP contribution in [0.1, 0.15) is 11.1 Å². The van der Waals surface area contributed by atoms with E-state index in [1.54, 1.807) is 18.2 Å². The van der Waals surface area contributed by atoms with Crippen molar-refractivity contribution in [1.29, 1.82) is 5.26 Å². The number of rotatable bonds is 4. The number of para-hydroxylation sites is 3. The van der Waals surface area contributed by atoms with E-state index in [0.29, 0.717) is 26.9 Å². The van der Waals surface area contributed by atoms with Gasteiger partial charge in [-0.3, -0.25) is 9.20 Å². The van der Waals surface area contributed by atoms with Crippen molar-refractivity contribution in [3.05, 3.63) is 69.7 Å². The highest BCUT2D eigenvalue weighted by Crippen LogP contribution is 2.31. The number of anilines is 1. The van der Waals surface area contributed by atoms with E-state index in [0.717, 1.165) is 21.6 Å². The van der Waals surface area contributed by atoms with Gasteiger partial charge in [0.1, 0.15) is 6.07 Å². The molecule has 0 saturated carbocycles. The standard InChI is InChI=1S/C21H14Cl2N4OS/c1-12-9-19(29-11-18(28)26-20-14(22)5-4-6-15(20)23)27-17-8-3-2-7-16(17)25-21(27)13(12)10-24/h2-9H,11H2,1H3,(H,26,28). The lowest BCUT2D eigenvalue weighted by Gasteiger charge is -2.11. The third kappa shape index (κ3) is 3.65. The summed E-state index contributed by atoms with van der Waals surface area (Å²) in [6.45, 7) is 1.87. The molecule has 4 aromatic rings. The van der Waals surface area contributed by atoms with Crippen molar-refractivity contribution in [2.75, 3.05) is 11.1 Å². The first-order valence-electron chi connectivity index (χ1n) is 8.67. The van der Waals surface area contributed by atoms with E-state index in [1.165, 1.54) is 11.8 Å². The van der Waals surface area contributed by atoms with Crippen LogP contribution in [0.3, 0.4) is 0 Å². The molecule has 2 heterocycles. The highest BCUT2D eigenvalue weighted by molar-refractivity contribution is 7.99. The van der Waals surface area contributed by atoms with Gasteiger partial charge in [-0.05, 0) is 42.8 Å². The third-order valence-electron chi connectivity index (χ3n) is 4.43. The van der Waals surface area contributed by atoms with Gasteiger partial charge >= 0.3 is 0 Å². The van der Waals surface area contributed by atoms with Crippen LogP contribution in [-0.2, 0) is 4.79 Å². The Hall–Kier alpha value is -2.72. The van der Waals surface area contributed by atoms with Gasteiger partial charge in [-0.15, -0.1) is 0 Å². The van der Waals surface area contributed by atoms with E-state index in [1.807, 2.05) is 41.7 Å². The number of hydrogen-bond donors (Lipinski definition) is 1. The molecule has 144 valence electrons. The van der Waals surface area contributed by atoms with Crippen molar-refractivity contribution in [2.24, 2.45) is 0 Å². The van der Waals surface area contributed by atoms with E-state index < -0.39 is 0 Å². The molecule has 0 aliphatic rings. The summed E-state index contributed by atoms with van der Waals surface area (Å²) in [5.74, 6) is -0.0845. The third-order valence-corrected chi connectivity index (χ3v) is 6.06. The number of thioether (sulfide) groups is 1. The SMILES string of the molecule is Cc1cc(SCC(=O)Nc2c(Cl)cccc2Cl)n2c(nc3ccccc32)c1C#N. The van der Waals surface area contributed by atoms with Gasteiger partial charge in [0, 0.05) is 0 Å². The molecule has 8 heteroatoms. The number of hydrogen-bond acceptors (Lipinski definition) is 4. The summed E-state index contributed by atoms with van der Waals surface area (Å²) < 4.78 is 1.92. The molecule has 1 N–H and O–H groups in total. The van der Waals surface area contributed by atoms with Crippen LogP contribution in [0, 0.1) is 18.3 Å². The van der Waals surface area contributed by atoms with Crippen LogP contribution >= 0.6 is 35.0 Å². The van der Waals surface area contributed by atoms with E-state index in [9.17, 15) is 10.1 Å². The number of nitrogens with zero attached hydrogens (tertiary/aromatic N) is 3. The number of fused-ring (bicyclic) bond motifs is 3. The molecule has 29 heavy (non-hydrogen) atoms. The van der Waals surface area contributed by atoms with Crippen LogP contribution in [0.2, 0.25) is 10.0 Å². The Kier molecular flexibility index (Phi) is 5.37. The molecule has 2 aromatic heterocycles. The minimum absolute atomic E-state index is 0.147. The first kappa shape index (κ1) is 19.6. The molecule has 0 radical (unpaired) electrons. The summed E-state index contributed by atoms with van der Waals surface area (Å²) in [4.78, 5) is 17.1. The fourth-order valence-electron chi connectivity index (χ4n) is 3.09. The summed E-state index contributed by atoms with van der Waals surface area (Å²) in [5.41, 5.74) is 4.01. The Morgan fingerprint density at radius 1 is 1.21 bits per heavy atom. The average molecular weight is 441 g/mol. The summed E-state index contributed by atoms with van der Waals surface area (Å²) in [6, 6.07) is 16.9. The Morgan fingerprint density at radius 2 is 1.93 bits per heavy atom. The molecular formula is C21H14Cl2N4OS. The predicted molar refractivity (Wildman–Crippen MR) is 118 cm³/mol. The minimum atomic E-state index is -0.232. The lowest BCUT2D eigenvalue weighted by Crippen LogP contribution is -2.15. The smallest absolute Gasteiger partial charge is 0.234 e. The fraction of sp³-hybridized carbons (Fsp3) is 0.0952. The molecule has 0 saturated heterocycles. The summed E-state index contributed by atoms with van der Waals surface area (Å²) in [7, 11) is 0. The number of benzene rings is 2. The minimum Gasteiger partial charge on any atom is -0.323 e. The van der Waals surface area contributed by atoms with E-state index >= 15 is 0 Å². The van der Waals surface area contributed by atoms with Gasteiger partial charge in [0.25, 0.3) is 0 Å². The zero-order chi connectivity index (χ0) is 20.5. The number of aryl methyl sites for hydroxylation is 1. The highest BCUT2D eigenvalue weighted by atomic mass is 35.5. The molecule has 0 spiro atoms. The topological polar surface area (TPSA) is 70.2 Å². The zero-order valence-corrected chi connectivity index (χ0v) is 17.6. The Labute approximate surface area is 181 Å². The number of aromatic nitrogens is 2. The number of nitriles is 1. The first-order chi connectivity index (χ1) is 14.0. The van der Waals surface area contributed by atoms with E-state index in [-0.39, 0.29) is 11.7 Å². The monoisotopic (exact) mass is 440 g/mol. The van der Waals surface area contributed by atoms with Gasteiger partial charge in [-0.25, -0.2) is 4.98 Å². The molecule has 0 aliphatic heterocycles. The summed E-state index contributed by atoms with van der Waals surface area (Å²) in [6.07, 6.45) is 0. The maximum absolute atomic E-state index is 12.5. The molecule has 4 rings (SSSR count). The van der Waals surface area contributed by atoms with Gasteiger partial charge in [-0.2, -0.15) is 5.26 Å². The molecule has 0 bridgehead atoms. The van der Waals surface area contributed by atoms with Crippen molar-refractivity contribution in [3.8, 4) is 6.07 Å². The van der Waals surface area contributed by atoms with Crippen LogP contribution in [-0.4, -0.2) is 21.0 Å². The van der Waals surface area contributed by atoms with Gasteiger partial charge in [0.2, 0.25) is 5.91 Å². The van der Waals surface area contributed by atoms with Gasteiger partial charge < -0.3 is 5.32 Å². The normalized spacial score (nSPS) is 11.0. The number of carbonyl (C=O) groups excluding carboxylic acids is 1. The van der Waals surface area contributed by atoms with Crippen molar-refractivity contribution < 1.29 is 4.79 Å². The maximum atomic E-state index is 12.5. The van der Waals surface area contributed by atoms with Crippen molar-refractivity contribution in [3.63, 3.8) is 0 Å². The second-order valence-electron chi connectivity index (χ2n) is 6.35. The van der Waals surface area contributed by atoms with Crippen LogP contribution in [0.5, 0.6) is 0 Å². The number of nitrogens with one attached hydrogen (secondary N) is 1. The Morgan fingerprint density at radius 3 is 2.66 bits per heavy atom.